The molecule has 2 aliphatic rings. The molecule has 34 heavy (non-hydrogen) atoms. The zero-order valence-corrected chi connectivity index (χ0v) is 17.9. The minimum Gasteiger partial charge on any atom is -0.358 e. The third-order valence-corrected chi connectivity index (χ3v) is 6.41. The summed E-state index contributed by atoms with van der Waals surface area (Å²) in [6, 6.07) is 21.5. The Bertz CT molecular complexity index is 1290. The van der Waals surface area contributed by atoms with Crippen LogP contribution in [0.5, 0.6) is 0 Å². The maximum absolute atomic E-state index is 13.4. The fraction of sp³-hybridized carbons (Fsp3) is 0.160. The van der Waals surface area contributed by atoms with Crippen LogP contribution in [0.4, 0.5) is 16.2 Å². The SMILES string of the molecule is O=C1NC(=O)C2(Cc3cc([N+](=O)[O-])ccc3N(Cc3ccccc3)C2c2ccccc2)C(=O)N1. The van der Waals surface area contributed by atoms with Crippen LogP contribution in [0, 0.1) is 15.5 Å². The van der Waals surface area contributed by atoms with Crippen molar-refractivity contribution in [3.63, 3.8) is 0 Å². The van der Waals surface area contributed by atoms with Crippen molar-refractivity contribution < 1.29 is 19.3 Å². The van der Waals surface area contributed by atoms with Gasteiger partial charge in [-0.2, -0.15) is 0 Å². The van der Waals surface area contributed by atoms with Crippen LogP contribution in [-0.2, 0) is 22.6 Å². The molecule has 1 atom stereocenters. The summed E-state index contributed by atoms with van der Waals surface area (Å²) in [6.45, 7) is 0.335. The lowest BCUT2D eigenvalue weighted by atomic mass is 9.66. The number of barbiturate groups is 1. The van der Waals surface area contributed by atoms with Crippen molar-refractivity contribution in [2.24, 2.45) is 5.41 Å². The molecule has 9 nitrogen and oxygen atoms in total. The van der Waals surface area contributed by atoms with Gasteiger partial charge in [0.15, 0.2) is 5.41 Å². The summed E-state index contributed by atoms with van der Waals surface area (Å²) in [5.74, 6) is -1.46. The molecule has 0 radical (unpaired) electrons. The fourth-order valence-electron chi connectivity index (χ4n) is 4.94. The number of nitro groups is 1. The second-order valence-corrected chi connectivity index (χ2v) is 8.38. The monoisotopic (exact) mass is 456 g/mol. The van der Waals surface area contributed by atoms with E-state index in [1.807, 2.05) is 65.6 Å². The molecular formula is C25H20N4O5. The van der Waals surface area contributed by atoms with Crippen LogP contribution in [0.25, 0.3) is 0 Å². The van der Waals surface area contributed by atoms with E-state index in [9.17, 15) is 24.5 Å². The number of nitrogens with zero attached hydrogens (tertiary/aromatic N) is 2. The number of imide groups is 2. The van der Waals surface area contributed by atoms with Crippen molar-refractivity contribution in [2.75, 3.05) is 4.90 Å². The molecule has 5 rings (SSSR count). The summed E-state index contributed by atoms with van der Waals surface area (Å²) in [4.78, 5) is 51.7. The zero-order chi connectivity index (χ0) is 23.9. The number of urea groups is 1. The van der Waals surface area contributed by atoms with Gasteiger partial charge in [-0.15, -0.1) is 0 Å². The summed E-state index contributed by atoms with van der Waals surface area (Å²) < 4.78 is 0. The Labute approximate surface area is 194 Å². The summed E-state index contributed by atoms with van der Waals surface area (Å²) in [6.07, 6.45) is -0.0974. The van der Waals surface area contributed by atoms with Gasteiger partial charge in [-0.3, -0.25) is 30.3 Å². The van der Waals surface area contributed by atoms with E-state index in [4.69, 9.17) is 0 Å². The molecule has 2 heterocycles. The Balaban J connectivity index is 1.77. The minimum atomic E-state index is -1.72. The zero-order valence-electron chi connectivity index (χ0n) is 17.9. The van der Waals surface area contributed by atoms with Gasteiger partial charge in [-0.1, -0.05) is 60.7 Å². The molecule has 3 aromatic rings. The lowest BCUT2D eigenvalue weighted by Crippen LogP contribution is -2.68. The van der Waals surface area contributed by atoms with Gasteiger partial charge in [-0.25, -0.2) is 4.79 Å². The van der Waals surface area contributed by atoms with Crippen LogP contribution in [0.15, 0.2) is 78.9 Å². The van der Waals surface area contributed by atoms with Crippen LogP contribution >= 0.6 is 0 Å². The number of nitro benzene ring substituents is 1. The van der Waals surface area contributed by atoms with Crippen molar-refractivity contribution in [2.45, 2.75) is 19.0 Å². The quantitative estimate of drug-likeness (QED) is 0.353. The van der Waals surface area contributed by atoms with Crippen molar-refractivity contribution >= 4 is 29.2 Å². The lowest BCUT2D eigenvalue weighted by molar-refractivity contribution is -0.384. The van der Waals surface area contributed by atoms with Crippen molar-refractivity contribution in [3.05, 3.63) is 106 Å². The van der Waals surface area contributed by atoms with Crippen molar-refractivity contribution in [1.29, 1.82) is 0 Å². The number of carbonyl (C=O) groups is 3. The maximum Gasteiger partial charge on any atom is 0.328 e. The smallest absolute Gasteiger partial charge is 0.328 e. The number of amides is 4. The standard InChI is InChI=1S/C25H20N4O5/c30-22-25(23(31)27-24(32)26-22)14-18-13-19(29(33)34)11-12-20(18)28(15-16-7-3-1-4-8-16)21(25)17-9-5-2-6-10-17/h1-13,21H,14-15H2,(H2,26,27,30,31,32). The molecule has 1 unspecified atom stereocenters. The molecular weight excluding hydrogens is 436 g/mol. The second-order valence-electron chi connectivity index (χ2n) is 8.38. The number of rotatable bonds is 4. The third-order valence-electron chi connectivity index (χ3n) is 6.41. The van der Waals surface area contributed by atoms with Crippen LogP contribution < -0.4 is 15.5 Å². The van der Waals surface area contributed by atoms with Gasteiger partial charge >= 0.3 is 6.03 Å². The molecule has 170 valence electrons. The average Bonchev–Trinajstić information content (AvgIpc) is 2.83. The predicted octanol–water partition coefficient (Wildman–Crippen LogP) is 3.25. The Morgan fingerprint density at radius 2 is 1.53 bits per heavy atom. The molecule has 1 spiro atoms. The van der Waals surface area contributed by atoms with E-state index < -0.39 is 34.2 Å². The van der Waals surface area contributed by atoms with Crippen LogP contribution in [0.1, 0.15) is 22.7 Å². The number of anilines is 1. The first-order valence-corrected chi connectivity index (χ1v) is 10.7. The summed E-state index contributed by atoms with van der Waals surface area (Å²) in [5.41, 5.74) is 0.953. The lowest BCUT2D eigenvalue weighted by Gasteiger charge is -2.50. The van der Waals surface area contributed by atoms with Crippen LogP contribution in [0.2, 0.25) is 0 Å². The van der Waals surface area contributed by atoms with Crippen molar-refractivity contribution in [3.8, 4) is 0 Å². The number of hydrogen-bond acceptors (Lipinski definition) is 6. The molecule has 2 N–H and O–H groups in total. The number of carbonyl (C=O) groups excluding carboxylic acids is 3. The maximum atomic E-state index is 13.4. The Morgan fingerprint density at radius 1 is 0.912 bits per heavy atom. The summed E-state index contributed by atoms with van der Waals surface area (Å²) in [5, 5.41) is 16.0. The topological polar surface area (TPSA) is 122 Å². The molecule has 3 aromatic carbocycles. The van der Waals surface area contributed by atoms with E-state index >= 15 is 0 Å². The van der Waals surface area contributed by atoms with Gasteiger partial charge in [0.2, 0.25) is 11.8 Å². The minimum absolute atomic E-state index is 0.0974. The van der Waals surface area contributed by atoms with Crippen LogP contribution in [0.3, 0.4) is 0 Å². The first-order chi connectivity index (χ1) is 16.4. The van der Waals surface area contributed by atoms with Gasteiger partial charge in [0.1, 0.15) is 0 Å². The molecule has 1 fully saturated rings. The van der Waals surface area contributed by atoms with E-state index in [0.29, 0.717) is 23.4 Å². The predicted molar refractivity (Wildman–Crippen MR) is 123 cm³/mol. The molecule has 4 amide bonds. The highest BCUT2D eigenvalue weighted by Gasteiger charge is 2.60. The van der Waals surface area contributed by atoms with Crippen molar-refractivity contribution in [1.82, 2.24) is 10.6 Å². The highest BCUT2D eigenvalue weighted by atomic mass is 16.6. The molecule has 9 heteroatoms. The highest BCUT2D eigenvalue weighted by Crippen LogP contribution is 2.51. The van der Waals surface area contributed by atoms with Gasteiger partial charge in [0, 0.05) is 30.8 Å². The fourth-order valence-corrected chi connectivity index (χ4v) is 4.94. The molecule has 2 aliphatic heterocycles. The first-order valence-electron chi connectivity index (χ1n) is 10.7. The Hall–Kier alpha value is -4.53. The Morgan fingerprint density at radius 3 is 2.15 bits per heavy atom. The average molecular weight is 456 g/mol. The number of nitrogens with one attached hydrogen (secondary N) is 2. The number of fused-ring (bicyclic) bond motifs is 1. The first kappa shape index (κ1) is 21.3. The van der Waals surface area contributed by atoms with Gasteiger partial charge in [-0.05, 0) is 22.8 Å². The van der Waals surface area contributed by atoms with E-state index in [0.717, 1.165) is 5.56 Å². The number of benzene rings is 3. The molecule has 0 aliphatic carbocycles. The largest absolute Gasteiger partial charge is 0.358 e. The molecule has 0 bridgehead atoms. The number of hydrogen-bond donors (Lipinski definition) is 2. The van der Waals surface area contributed by atoms with Gasteiger partial charge in [0.05, 0.1) is 11.0 Å². The van der Waals surface area contributed by atoms with E-state index in [1.165, 1.54) is 12.1 Å². The third kappa shape index (κ3) is 3.38. The van der Waals surface area contributed by atoms with E-state index in [1.54, 1.807) is 6.07 Å². The highest BCUT2D eigenvalue weighted by molar-refractivity contribution is 6.20. The van der Waals surface area contributed by atoms with Crippen LogP contribution in [-0.4, -0.2) is 22.8 Å². The van der Waals surface area contributed by atoms with E-state index in [-0.39, 0.29) is 12.1 Å². The Kier molecular flexibility index (Phi) is 5.09. The van der Waals surface area contributed by atoms with E-state index in [2.05, 4.69) is 10.6 Å². The summed E-state index contributed by atoms with van der Waals surface area (Å²) >= 11 is 0. The molecule has 1 saturated heterocycles. The molecule has 0 saturated carbocycles. The number of non-ortho nitro benzene ring substituents is 1. The molecule has 0 aromatic heterocycles. The normalized spacial score (nSPS) is 18.8. The van der Waals surface area contributed by atoms with Gasteiger partial charge < -0.3 is 4.90 Å². The van der Waals surface area contributed by atoms with Gasteiger partial charge in [0.25, 0.3) is 5.69 Å². The summed E-state index contributed by atoms with van der Waals surface area (Å²) in [7, 11) is 0. The second kappa shape index (κ2) is 8.11.